The summed E-state index contributed by atoms with van der Waals surface area (Å²) < 4.78 is 27.1. The van der Waals surface area contributed by atoms with Gasteiger partial charge in [-0.1, -0.05) is 12.1 Å². The highest BCUT2D eigenvalue weighted by molar-refractivity contribution is 5.91. The lowest BCUT2D eigenvalue weighted by atomic mass is 10.1. The number of aromatic nitrogens is 1. The molecule has 1 atom stereocenters. The number of amides is 2. The van der Waals surface area contributed by atoms with Gasteiger partial charge in [-0.2, -0.15) is 0 Å². The van der Waals surface area contributed by atoms with Gasteiger partial charge in [-0.15, -0.1) is 0 Å². The minimum Gasteiger partial charge on any atom is -0.358 e. The summed E-state index contributed by atoms with van der Waals surface area (Å²) in [6.45, 7) is 2.50. The summed E-state index contributed by atoms with van der Waals surface area (Å²) >= 11 is 0. The fourth-order valence-electron chi connectivity index (χ4n) is 4.14. The Balaban J connectivity index is 1.40. The highest BCUT2D eigenvalue weighted by Gasteiger charge is 2.35. The van der Waals surface area contributed by atoms with Crippen LogP contribution in [-0.4, -0.2) is 34.3 Å². The molecule has 7 heteroatoms. The smallest absolute Gasteiger partial charge is 0.242 e. The molecule has 0 aliphatic carbocycles. The van der Waals surface area contributed by atoms with Crippen molar-refractivity contribution in [2.24, 2.45) is 0 Å². The van der Waals surface area contributed by atoms with Crippen molar-refractivity contribution in [2.45, 2.75) is 38.8 Å². The number of likely N-dealkylation sites (tertiary alicyclic amines) is 1. The molecule has 2 heterocycles. The Kier molecular flexibility index (Phi) is 5.53. The molecule has 2 N–H and O–H groups in total. The van der Waals surface area contributed by atoms with Gasteiger partial charge in [0, 0.05) is 36.1 Å². The zero-order valence-corrected chi connectivity index (χ0v) is 16.7. The Morgan fingerprint density at radius 3 is 2.80 bits per heavy atom. The Morgan fingerprint density at radius 1 is 1.20 bits per heavy atom. The molecule has 2 aromatic carbocycles. The van der Waals surface area contributed by atoms with E-state index in [2.05, 4.69) is 10.3 Å². The topological polar surface area (TPSA) is 65.2 Å². The van der Waals surface area contributed by atoms with Gasteiger partial charge in [0.25, 0.3) is 0 Å². The van der Waals surface area contributed by atoms with E-state index in [1.54, 1.807) is 18.2 Å². The van der Waals surface area contributed by atoms with E-state index < -0.39 is 6.04 Å². The molecule has 1 saturated heterocycles. The van der Waals surface area contributed by atoms with Crippen LogP contribution in [0, 0.1) is 18.6 Å². The molecule has 5 nitrogen and oxygen atoms in total. The summed E-state index contributed by atoms with van der Waals surface area (Å²) in [6.07, 6.45) is 1.29. The molecular weight excluding hydrogens is 388 g/mol. The summed E-state index contributed by atoms with van der Waals surface area (Å²) in [6, 6.07) is 10.1. The zero-order valence-electron chi connectivity index (χ0n) is 16.7. The van der Waals surface area contributed by atoms with Crippen molar-refractivity contribution in [2.75, 3.05) is 6.54 Å². The lowest BCUT2D eigenvalue weighted by Crippen LogP contribution is -2.44. The third kappa shape index (κ3) is 4.06. The maximum Gasteiger partial charge on any atom is 0.242 e. The molecule has 1 fully saturated rings. The minimum atomic E-state index is -0.567. The number of halogens is 2. The standard InChI is InChI=1S/C23H23F2N3O2/c1-14-18(19-12-17(25)5-6-20(19)27-14)9-10-26-23(30)21-7-8-22(29)28(21)13-15-3-2-4-16(24)11-15/h2-6,11-12,21,27H,7-10,13H2,1H3,(H,26,30). The molecule has 156 valence electrons. The first-order valence-corrected chi connectivity index (χ1v) is 10.0. The van der Waals surface area contributed by atoms with Gasteiger partial charge in [-0.3, -0.25) is 9.59 Å². The highest BCUT2D eigenvalue weighted by atomic mass is 19.1. The lowest BCUT2D eigenvalue weighted by molar-refractivity contribution is -0.135. The van der Waals surface area contributed by atoms with E-state index in [-0.39, 0.29) is 30.0 Å². The Hall–Kier alpha value is -3.22. The number of nitrogens with zero attached hydrogens (tertiary/aromatic N) is 1. The number of fused-ring (bicyclic) bond motifs is 1. The van der Waals surface area contributed by atoms with Crippen LogP contribution in [0.4, 0.5) is 8.78 Å². The van der Waals surface area contributed by atoms with Crippen molar-refractivity contribution < 1.29 is 18.4 Å². The van der Waals surface area contributed by atoms with E-state index in [9.17, 15) is 18.4 Å². The normalized spacial score (nSPS) is 16.4. The number of aryl methyl sites for hydroxylation is 1. The first-order chi connectivity index (χ1) is 14.4. The fraction of sp³-hybridized carbons (Fsp3) is 0.304. The summed E-state index contributed by atoms with van der Waals surface area (Å²) in [4.78, 5) is 29.8. The van der Waals surface area contributed by atoms with Crippen molar-refractivity contribution in [1.82, 2.24) is 15.2 Å². The van der Waals surface area contributed by atoms with Gasteiger partial charge in [-0.05, 0) is 61.2 Å². The predicted octanol–water partition coefficient (Wildman–Crippen LogP) is 3.60. The number of hydrogen-bond donors (Lipinski definition) is 2. The predicted molar refractivity (Wildman–Crippen MR) is 110 cm³/mol. The Bertz CT molecular complexity index is 1110. The summed E-state index contributed by atoms with van der Waals surface area (Å²) in [5.74, 6) is -1.00. The number of carbonyl (C=O) groups excluding carboxylic acids is 2. The molecule has 0 saturated carbocycles. The van der Waals surface area contributed by atoms with Crippen molar-refractivity contribution in [1.29, 1.82) is 0 Å². The Morgan fingerprint density at radius 2 is 2.00 bits per heavy atom. The second-order valence-corrected chi connectivity index (χ2v) is 7.67. The molecule has 1 aromatic heterocycles. The van der Waals surface area contributed by atoms with Crippen molar-refractivity contribution >= 4 is 22.7 Å². The molecule has 0 spiro atoms. The van der Waals surface area contributed by atoms with Crippen LogP contribution < -0.4 is 5.32 Å². The van der Waals surface area contributed by atoms with E-state index in [1.165, 1.54) is 29.2 Å². The maximum absolute atomic E-state index is 13.6. The van der Waals surface area contributed by atoms with E-state index >= 15 is 0 Å². The van der Waals surface area contributed by atoms with Crippen LogP contribution in [0.25, 0.3) is 10.9 Å². The van der Waals surface area contributed by atoms with Crippen molar-refractivity contribution in [3.63, 3.8) is 0 Å². The number of aromatic amines is 1. The van der Waals surface area contributed by atoms with Crippen LogP contribution >= 0.6 is 0 Å². The van der Waals surface area contributed by atoms with Crippen molar-refractivity contribution in [3.05, 3.63) is 70.9 Å². The van der Waals surface area contributed by atoms with Gasteiger partial charge < -0.3 is 15.2 Å². The molecule has 0 radical (unpaired) electrons. The first-order valence-electron chi connectivity index (χ1n) is 10.0. The van der Waals surface area contributed by atoms with Crippen LogP contribution in [0.15, 0.2) is 42.5 Å². The molecule has 1 aliphatic heterocycles. The average Bonchev–Trinajstić information content (AvgIpc) is 3.21. The van der Waals surface area contributed by atoms with Gasteiger partial charge in [0.1, 0.15) is 17.7 Å². The molecule has 3 aromatic rings. The highest BCUT2D eigenvalue weighted by Crippen LogP contribution is 2.24. The number of hydrogen-bond acceptors (Lipinski definition) is 2. The number of carbonyl (C=O) groups is 2. The molecule has 4 rings (SSSR count). The number of benzene rings is 2. The van der Waals surface area contributed by atoms with Crippen LogP contribution in [0.1, 0.15) is 29.7 Å². The largest absolute Gasteiger partial charge is 0.358 e. The van der Waals surface area contributed by atoms with E-state index in [4.69, 9.17) is 0 Å². The lowest BCUT2D eigenvalue weighted by Gasteiger charge is -2.24. The van der Waals surface area contributed by atoms with Crippen LogP contribution in [0.3, 0.4) is 0 Å². The van der Waals surface area contributed by atoms with Gasteiger partial charge in [0.05, 0.1) is 0 Å². The Labute approximate surface area is 173 Å². The van der Waals surface area contributed by atoms with Crippen molar-refractivity contribution in [3.8, 4) is 0 Å². The monoisotopic (exact) mass is 411 g/mol. The number of nitrogens with one attached hydrogen (secondary N) is 2. The van der Waals surface area contributed by atoms with E-state index in [0.29, 0.717) is 31.4 Å². The number of rotatable bonds is 6. The first kappa shape index (κ1) is 20.1. The van der Waals surface area contributed by atoms with E-state index in [1.807, 2.05) is 6.92 Å². The summed E-state index contributed by atoms with van der Waals surface area (Å²) in [5.41, 5.74) is 3.41. The van der Waals surface area contributed by atoms with Crippen LogP contribution in [-0.2, 0) is 22.6 Å². The van der Waals surface area contributed by atoms with Gasteiger partial charge in [-0.25, -0.2) is 8.78 Å². The van der Waals surface area contributed by atoms with E-state index in [0.717, 1.165) is 22.2 Å². The van der Waals surface area contributed by atoms with Crippen LogP contribution in [0.2, 0.25) is 0 Å². The molecule has 30 heavy (non-hydrogen) atoms. The van der Waals surface area contributed by atoms with Gasteiger partial charge in [0.2, 0.25) is 11.8 Å². The average molecular weight is 411 g/mol. The summed E-state index contributed by atoms with van der Waals surface area (Å²) in [7, 11) is 0. The number of H-pyrrole nitrogens is 1. The SMILES string of the molecule is Cc1[nH]c2ccc(F)cc2c1CCNC(=O)C1CCC(=O)N1Cc1cccc(F)c1. The molecule has 1 aliphatic rings. The summed E-state index contributed by atoms with van der Waals surface area (Å²) in [5, 5.41) is 3.71. The minimum absolute atomic E-state index is 0.109. The van der Waals surface area contributed by atoms with Gasteiger partial charge >= 0.3 is 0 Å². The fourth-order valence-corrected chi connectivity index (χ4v) is 4.14. The second kappa shape index (κ2) is 8.26. The molecule has 2 amide bonds. The maximum atomic E-state index is 13.6. The zero-order chi connectivity index (χ0) is 21.3. The third-order valence-electron chi connectivity index (χ3n) is 5.63. The third-order valence-corrected chi connectivity index (χ3v) is 5.63. The molecular formula is C23H23F2N3O2. The second-order valence-electron chi connectivity index (χ2n) is 7.67. The molecule has 0 bridgehead atoms. The quantitative estimate of drug-likeness (QED) is 0.651. The molecule has 1 unspecified atom stereocenters. The van der Waals surface area contributed by atoms with Gasteiger partial charge in [0.15, 0.2) is 0 Å². The van der Waals surface area contributed by atoms with Crippen LogP contribution in [0.5, 0.6) is 0 Å².